The number of halogens is 2. The number of hydrogen-bond donors (Lipinski definition) is 0. The van der Waals surface area contributed by atoms with Gasteiger partial charge in [-0.15, -0.1) is 0 Å². The smallest absolute Gasteiger partial charge is 0.155 e. The van der Waals surface area contributed by atoms with Gasteiger partial charge in [-0.2, -0.15) is 0 Å². The quantitative estimate of drug-likeness (QED) is 0.678. The zero-order valence-corrected chi connectivity index (χ0v) is 8.37. The SMILES string of the molecule is Cln1cc(I)c2cccnc21. The second kappa shape index (κ2) is 2.64. The maximum Gasteiger partial charge on any atom is 0.155 e. The van der Waals surface area contributed by atoms with E-state index in [2.05, 4.69) is 27.6 Å². The fraction of sp³-hybridized carbons (Fsp3) is 0. The van der Waals surface area contributed by atoms with Crippen LogP contribution in [0.1, 0.15) is 0 Å². The Kier molecular flexibility index (Phi) is 1.77. The molecular weight excluding hydrogens is 274 g/mol. The van der Waals surface area contributed by atoms with E-state index in [4.69, 9.17) is 11.8 Å². The molecule has 2 nitrogen and oxygen atoms in total. The van der Waals surface area contributed by atoms with Crippen molar-refractivity contribution in [2.24, 2.45) is 0 Å². The molecule has 0 aromatic carbocycles. The summed E-state index contributed by atoms with van der Waals surface area (Å²) in [6, 6.07) is 3.91. The Morgan fingerprint density at radius 2 is 2.36 bits per heavy atom. The molecule has 0 aliphatic carbocycles. The average molecular weight is 278 g/mol. The molecule has 0 saturated heterocycles. The Balaban J connectivity index is 2.95. The average Bonchev–Trinajstić information content (AvgIpc) is 2.30. The third-order valence-electron chi connectivity index (χ3n) is 1.47. The lowest BCUT2D eigenvalue weighted by Gasteiger charge is -1.88. The molecule has 2 heterocycles. The van der Waals surface area contributed by atoms with Crippen molar-refractivity contribution in [1.29, 1.82) is 0 Å². The highest BCUT2D eigenvalue weighted by molar-refractivity contribution is 14.1. The monoisotopic (exact) mass is 278 g/mol. The van der Waals surface area contributed by atoms with Crippen molar-refractivity contribution in [2.45, 2.75) is 0 Å². The van der Waals surface area contributed by atoms with Gasteiger partial charge < -0.3 is 0 Å². The predicted molar refractivity (Wildman–Crippen MR) is 53.7 cm³/mol. The Bertz CT molecular complexity index is 360. The van der Waals surface area contributed by atoms with Crippen molar-refractivity contribution in [1.82, 2.24) is 9.07 Å². The Hall–Kier alpha value is -0.290. The first kappa shape index (κ1) is 7.36. The van der Waals surface area contributed by atoms with Crippen LogP contribution in [0, 0.1) is 3.57 Å². The zero-order chi connectivity index (χ0) is 7.84. The van der Waals surface area contributed by atoms with Gasteiger partial charge in [0.15, 0.2) is 5.65 Å². The fourth-order valence-corrected chi connectivity index (χ4v) is 2.08. The molecule has 0 spiro atoms. The van der Waals surface area contributed by atoms with Crippen molar-refractivity contribution in [2.75, 3.05) is 0 Å². The molecule has 0 amide bonds. The molecule has 0 unspecified atom stereocenters. The molecule has 2 aromatic rings. The van der Waals surface area contributed by atoms with Gasteiger partial charge in [0.05, 0.1) is 0 Å². The van der Waals surface area contributed by atoms with Crippen LogP contribution >= 0.6 is 34.4 Å². The van der Waals surface area contributed by atoms with Gasteiger partial charge in [-0.1, -0.05) is 0 Å². The molecule has 0 fully saturated rings. The van der Waals surface area contributed by atoms with E-state index in [1.54, 1.807) is 6.20 Å². The molecule has 2 aromatic heterocycles. The van der Waals surface area contributed by atoms with Crippen molar-refractivity contribution in [3.05, 3.63) is 28.1 Å². The Morgan fingerprint density at radius 1 is 1.55 bits per heavy atom. The second-order valence-electron chi connectivity index (χ2n) is 2.16. The highest BCUT2D eigenvalue weighted by Gasteiger charge is 2.03. The largest absolute Gasteiger partial charge is 0.242 e. The predicted octanol–water partition coefficient (Wildman–Crippen LogP) is 2.64. The highest BCUT2D eigenvalue weighted by Crippen LogP contribution is 2.21. The number of fused-ring (bicyclic) bond motifs is 1. The highest BCUT2D eigenvalue weighted by atomic mass is 127. The lowest BCUT2D eigenvalue weighted by molar-refractivity contribution is 1.24. The first-order chi connectivity index (χ1) is 5.29. The molecule has 0 atom stereocenters. The van der Waals surface area contributed by atoms with Crippen LogP contribution in [0.3, 0.4) is 0 Å². The maximum absolute atomic E-state index is 5.83. The Morgan fingerprint density at radius 3 is 3.09 bits per heavy atom. The lowest BCUT2D eigenvalue weighted by atomic mass is 10.3. The van der Waals surface area contributed by atoms with Gasteiger partial charge in [0.1, 0.15) is 0 Å². The minimum absolute atomic E-state index is 0.818. The van der Waals surface area contributed by atoms with Gasteiger partial charge in [0, 0.05) is 33.1 Å². The van der Waals surface area contributed by atoms with Crippen LogP contribution in [0.15, 0.2) is 24.5 Å². The van der Waals surface area contributed by atoms with Gasteiger partial charge in [0.2, 0.25) is 0 Å². The molecule has 0 bridgehead atoms. The van der Waals surface area contributed by atoms with Crippen LogP contribution in [-0.4, -0.2) is 9.07 Å². The summed E-state index contributed by atoms with van der Waals surface area (Å²) < 4.78 is 2.64. The third kappa shape index (κ3) is 1.12. The number of nitrogens with zero attached hydrogens (tertiary/aromatic N) is 2. The van der Waals surface area contributed by atoms with E-state index < -0.39 is 0 Å². The topological polar surface area (TPSA) is 17.8 Å². The van der Waals surface area contributed by atoms with E-state index in [0.717, 1.165) is 14.6 Å². The minimum atomic E-state index is 0.818. The summed E-state index contributed by atoms with van der Waals surface area (Å²) in [7, 11) is 0. The van der Waals surface area contributed by atoms with Crippen LogP contribution in [0.4, 0.5) is 0 Å². The maximum atomic E-state index is 5.83. The molecular formula is C7H4ClIN2. The van der Waals surface area contributed by atoms with Gasteiger partial charge in [0.25, 0.3) is 0 Å². The van der Waals surface area contributed by atoms with Gasteiger partial charge in [-0.05, 0) is 34.7 Å². The van der Waals surface area contributed by atoms with Crippen molar-refractivity contribution in [3.63, 3.8) is 0 Å². The number of hydrogen-bond acceptors (Lipinski definition) is 1. The number of rotatable bonds is 0. The summed E-state index contributed by atoms with van der Waals surface area (Å²) in [6.07, 6.45) is 3.58. The minimum Gasteiger partial charge on any atom is -0.242 e. The fourth-order valence-electron chi connectivity index (χ4n) is 0.984. The van der Waals surface area contributed by atoms with Crippen molar-refractivity contribution in [3.8, 4) is 0 Å². The Labute approximate surface area is 82.4 Å². The van der Waals surface area contributed by atoms with Crippen LogP contribution in [0.25, 0.3) is 11.0 Å². The molecule has 0 saturated carbocycles. The van der Waals surface area contributed by atoms with E-state index in [0.29, 0.717) is 0 Å². The summed E-state index contributed by atoms with van der Waals surface area (Å²) >= 11 is 8.06. The molecule has 11 heavy (non-hydrogen) atoms. The molecule has 0 aliphatic rings. The number of aromatic nitrogens is 2. The first-order valence-corrected chi connectivity index (χ1v) is 4.48. The zero-order valence-electron chi connectivity index (χ0n) is 5.46. The van der Waals surface area contributed by atoms with Gasteiger partial charge >= 0.3 is 0 Å². The standard InChI is InChI=1S/C7H4ClIN2/c8-11-4-6(9)5-2-1-3-10-7(5)11/h1-4H. The van der Waals surface area contributed by atoms with Crippen molar-refractivity contribution >= 4 is 45.4 Å². The van der Waals surface area contributed by atoms with Crippen LogP contribution < -0.4 is 0 Å². The normalized spacial score (nSPS) is 10.7. The van der Waals surface area contributed by atoms with Crippen molar-refractivity contribution < 1.29 is 0 Å². The third-order valence-corrected chi connectivity index (χ3v) is 2.59. The summed E-state index contributed by atoms with van der Waals surface area (Å²) in [5.41, 5.74) is 0.818. The van der Waals surface area contributed by atoms with E-state index >= 15 is 0 Å². The first-order valence-electron chi connectivity index (χ1n) is 3.07. The van der Waals surface area contributed by atoms with E-state index in [-0.39, 0.29) is 0 Å². The van der Waals surface area contributed by atoms with E-state index in [1.165, 1.54) is 4.09 Å². The molecule has 0 N–H and O–H groups in total. The molecule has 4 heteroatoms. The molecule has 56 valence electrons. The summed E-state index contributed by atoms with van der Waals surface area (Å²) in [5.74, 6) is 0. The molecule has 0 aliphatic heterocycles. The summed E-state index contributed by atoms with van der Waals surface area (Å²) in [6.45, 7) is 0. The van der Waals surface area contributed by atoms with E-state index in [9.17, 15) is 0 Å². The summed E-state index contributed by atoms with van der Waals surface area (Å²) in [4.78, 5) is 4.13. The number of pyridine rings is 1. The van der Waals surface area contributed by atoms with E-state index in [1.807, 2.05) is 18.3 Å². The second-order valence-corrected chi connectivity index (χ2v) is 3.69. The summed E-state index contributed by atoms with van der Waals surface area (Å²) in [5, 5.41) is 1.10. The van der Waals surface area contributed by atoms with Crippen LogP contribution in [-0.2, 0) is 0 Å². The lowest BCUT2D eigenvalue weighted by Crippen LogP contribution is -1.78. The van der Waals surface area contributed by atoms with Gasteiger partial charge in [-0.3, -0.25) is 0 Å². The van der Waals surface area contributed by atoms with Crippen LogP contribution in [0.2, 0.25) is 0 Å². The molecule has 2 rings (SSSR count). The van der Waals surface area contributed by atoms with Gasteiger partial charge in [-0.25, -0.2) is 9.07 Å². The molecule has 0 radical (unpaired) electrons. The van der Waals surface area contributed by atoms with Crippen LogP contribution in [0.5, 0.6) is 0 Å².